The fourth-order valence-corrected chi connectivity index (χ4v) is 3.10. The Bertz CT molecular complexity index is 814. The first-order chi connectivity index (χ1) is 13.2. The van der Waals surface area contributed by atoms with Gasteiger partial charge in [-0.1, -0.05) is 44.2 Å². The number of amides is 1. The Kier molecular flexibility index (Phi) is 7.04. The molecule has 2 rings (SSSR count). The van der Waals surface area contributed by atoms with Crippen molar-refractivity contribution in [2.75, 3.05) is 20.8 Å². The molecule has 0 spiro atoms. The van der Waals surface area contributed by atoms with Crippen LogP contribution in [0, 0.1) is 5.41 Å². The monoisotopic (exact) mass is 385 g/mol. The SMILES string of the molecule is COc1ccccc1CC(C)(C)C(=O)N(C)Cc1ccc(OCC(=O)O)cc1. The van der Waals surface area contributed by atoms with Crippen LogP contribution in [-0.4, -0.2) is 42.6 Å². The van der Waals surface area contributed by atoms with Gasteiger partial charge in [-0.15, -0.1) is 0 Å². The van der Waals surface area contributed by atoms with Gasteiger partial charge in [0.15, 0.2) is 6.61 Å². The summed E-state index contributed by atoms with van der Waals surface area (Å²) in [5.41, 5.74) is 1.34. The standard InChI is InChI=1S/C22H27NO5/c1-22(2,13-17-7-5-6-8-19(17)27-4)21(26)23(3)14-16-9-11-18(12-10-16)28-15-20(24)25/h5-12H,13-15H2,1-4H3,(H,24,25). The van der Waals surface area contributed by atoms with Gasteiger partial charge in [-0.2, -0.15) is 0 Å². The molecule has 0 radical (unpaired) electrons. The van der Waals surface area contributed by atoms with E-state index in [1.165, 1.54) is 0 Å². The van der Waals surface area contributed by atoms with Crippen molar-refractivity contribution < 1.29 is 24.2 Å². The lowest BCUT2D eigenvalue weighted by Gasteiger charge is -2.30. The van der Waals surface area contributed by atoms with Crippen LogP contribution in [0.3, 0.4) is 0 Å². The summed E-state index contributed by atoms with van der Waals surface area (Å²) in [6.07, 6.45) is 0.572. The first-order valence-electron chi connectivity index (χ1n) is 9.04. The maximum Gasteiger partial charge on any atom is 0.341 e. The van der Waals surface area contributed by atoms with Gasteiger partial charge >= 0.3 is 5.97 Å². The van der Waals surface area contributed by atoms with Gasteiger partial charge in [0.1, 0.15) is 11.5 Å². The zero-order chi connectivity index (χ0) is 20.7. The molecule has 0 aliphatic rings. The molecular formula is C22H27NO5. The Hall–Kier alpha value is -3.02. The molecule has 0 unspecified atom stereocenters. The third-order valence-electron chi connectivity index (χ3n) is 4.46. The summed E-state index contributed by atoms with van der Waals surface area (Å²) in [7, 11) is 3.41. The second kappa shape index (κ2) is 9.26. The Balaban J connectivity index is 2.01. The topological polar surface area (TPSA) is 76.1 Å². The molecule has 0 atom stereocenters. The number of para-hydroxylation sites is 1. The highest BCUT2D eigenvalue weighted by Gasteiger charge is 2.31. The zero-order valence-corrected chi connectivity index (χ0v) is 16.8. The number of carbonyl (C=O) groups excluding carboxylic acids is 1. The molecule has 0 aliphatic carbocycles. The van der Waals surface area contributed by atoms with Crippen LogP contribution in [0.5, 0.6) is 11.5 Å². The zero-order valence-electron chi connectivity index (χ0n) is 16.8. The number of benzene rings is 2. The van der Waals surface area contributed by atoms with Gasteiger partial charge < -0.3 is 19.5 Å². The molecule has 0 saturated heterocycles. The average Bonchev–Trinajstić information content (AvgIpc) is 2.66. The second-order valence-electron chi connectivity index (χ2n) is 7.36. The largest absolute Gasteiger partial charge is 0.496 e. The molecule has 1 N–H and O–H groups in total. The average molecular weight is 385 g/mol. The van der Waals surface area contributed by atoms with Gasteiger partial charge in [-0.05, 0) is 35.7 Å². The van der Waals surface area contributed by atoms with Gasteiger partial charge in [-0.3, -0.25) is 4.79 Å². The molecule has 2 aromatic carbocycles. The van der Waals surface area contributed by atoms with E-state index in [0.717, 1.165) is 16.9 Å². The molecule has 6 heteroatoms. The van der Waals surface area contributed by atoms with E-state index in [0.29, 0.717) is 18.7 Å². The molecule has 0 fully saturated rings. The lowest BCUT2D eigenvalue weighted by atomic mass is 9.84. The molecule has 0 bridgehead atoms. The highest BCUT2D eigenvalue weighted by Crippen LogP contribution is 2.29. The van der Waals surface area contributed by atoms with E-state index >= 15 is 0 Å². The first kappa shape index (κ1) is 21.3. The molecular weight excluding hydrogens is 358 g/mol. The van der Waals surface area contributed by atoms with Crippen LogP contribution < -0.4 is 9.47 Å². The number of carboxylic acids is 1. The summed E-state index contributed by atoms with van der Waals surface area (Å²) in [4.78, 5) is 25.3. The maximum absolute atomic E-state index is 13.0. The summed E-state index contributed by atoms with van der Waals surface area (Å²) < 4.78 is 10.5. The quantitative estimate of drug-likeness (QED) is 0.716. The van der Waals surface area contributed by atoms with Crippen molar-refractivity contribution >= 4 is 11.9 Å². The van der Waals surface area contributed by atoms with Crippen LogP contribution >= 0.6 is 0 Å². The third kappa shape index (κ3) is 5.74. The van der Waals surface area contributed by atoms with Crippen molar-refractivity contribution in [1.82, 2.24) is 4.90 Å². The van der Waals surface area contributed by atoms with Crippen LogP contribution in [0.1, 0.15) is 25.0 Å². The summed E-state index contributed by atoms with van der Waals surface area (Å²) in [6.45, 7) is 3.94. The Labute approximate surface area is 165 Å². The predicted octanol–water partition coefficient (Wildman–Crippen LogP) is 3.39. The molecule has 28 heavy (non-hydrogen) atoms. The van der Waals surface area contributed by atoms with E-state index in [1.54, 1.807) is 31.2 Å². The fourth-order valence-electron chi connectivity index (χ4n) is 3.10. The number of hydrogen-bond acceptors (Lipinski definition) is 4. The number of methoxy groups -OCH3 is 1. The van der Waals surface area contributed by atoms with Gasteiger partial charge in [0.05, 0.1) is 7.11 Å². The van der Waals surface area contributed by atoms with E-state index in [4.69, 9.17) is 14.6 Å². The van der Waals surface area contributed by atoms with Crippen molar-refractivity contribution in [2.45, 2.75) is 26.8 Å². The van der Waals surface area contributed by atoms with Gasteiger partial charge in [0.25, 0.3) is 0 Å². The second-order valence-corrected chi connectivity index (χ2v) is 7.36. The molecule has 0 aliphatic heterocycles. The van der Waals surface area contributed by atoms with E-state index in [-0.39, 0.29) is 12.5 Å². The van der Waals surface area contributed by atoms with Gasteiger partial charge in [0, 0.05) is 19.0 Å². The summed E-state index contributed by atoms with van der Waals surface area (Å²) in [5.74, 6) is 0.274. The minimum Gasteiger partial charge on any atom is -0.496 e. The van der Waals surface area contributed by atoms with Crippen LogP contribution in [0.15, 0.2) is 48.5 Å². The molecule has 0 saturated carbocycles. The molecule has 0 aromatic heterocycles. The van der Waals surface area contributed by atoms with E-state index < -0.39 is 11.4 Å². The van der Waals surface area contributed by atoms with Gasteiger partial charge in [-0.25, -0.2) is 4.79 Å². The molecule has 2 aromatic rings. The van der Waals surface area contributed by atoms with Crippen molar-refractivity contribution in [1.29, 1.82) is 0 Å². The van der Waals surface area contributed by atoms with Crippen LogP contribution in [-0.2, 0) is 22.6 Å². The van der Waals surface area contributed by atoms with Crippen molar-refractivity contribution in [3.8, 4) is 11.5 Å². The van der Waals surface area contributed by atoms with Gasteiger partial charge in [0.2, 0.25) is 5.91 Å². The summed E-state index contributed by atoms with van der Waals surface area (Å²) in [6, 6.07) is 14.8. The minimum absolute atomic E-state index is 0.0320. The lowest BCUT2D eigenvalue weighted by molar-refractivity contribution is -0.140. The number of carbonyl (C=O) groups is 2. The van der Waals surface area contributed by atoms with Crippen molar-refractivity contribution in [3.63, 3.8) is 0 Å². The highest BCUT2D eigenvalue weighted by atomic mass is 16.5. The van der Waals surface area contributed by atoms with Crippen LogP contribution in [0.2, 0.25) is 0 Å². The number of hydrogen-bond donors (Lipinski definition) is 1. The third-order valence-corrected chi connectivity index (χ3v) is 4.46. The molecule has 1 amide bonds. The summed E-state index contributed by atoms with van der Waals surface area (Å²) in [5, 5.41) is 8.65. The predicted molar refractivity (Wildman–Crippen MR) is 107 cm³/mol. The Morgan fingerprint density at radius 3 is 2.32 bits per heavy atom. The smallest absolute Gasteiger partial charge is 0.341 e. The van der Waals surface area contributed by atoms with E-state index in [9.17, 15) is 9.59 Å². The number of aliphatic carboxylic acids is 1. The fraction of sp³-hybridized carbons (Fsp3) is 0.364. The Morgan fingerprint density at radius 2 is 1.71 bits per heavy atom. The molecule has 0 heterocycles. The lowest BCUT2D eigenvalue weighted by Crippen LogP contribution is -2.39. The first-order valence-corrected chi connectivity index (χ1v) is 9.04. The molecule has 6 nitrogen and oxygen atoms in total. The Morgan fingerprint density at radius 1 is 1.07 bits per heavy atom. The highest BCUT2D eigenvalue weighted by molar-refractivity contribution is 5.82. The summed E-state index contributed by atoms with van der Waals surface area (Å²) >= 11 is 0. The van der Waals surface area contributed by atoms with Crippen LogP contribution in [0.4, 0.5) is 0 Å². The number of nitrogens with zero attached hydrogens (tertiary/aromatic N) is 1. The number of ether oxygens (including phenoxy) is 2. The van der Waals surface area contributed by atoms with Crippen molar-refractivity contribution in [3.05, 3.63) is 59.7 Å². The molecule has 150 valence electrons. The van der Waals surface area contributed by atoms with E-state index in [2.05, 4.69) is 0 Å². The number of carboxylic acid groups (broad SMARTS) is 1. The van der Waals surface area contributed by atoms with E-state index in [1.807, 2.05) is 50.2 Å². The van der Waals surface area contributed by atoms with Crippen LogP contribution in [0.25, 0.3) is 0 Å². The number of rotatable bonds is 9. The maximum atomic E-state index is 13.0. The normalized spacial score (nSPS) is 11.0. The van der Waals surface area contributed by atoms with Crippen molar-refractivity contribution in [2.24, 2.45) is 5.41 Å². The minimum atomic E-state index is -1.02.